The number of esters is 1. The smallest absolute Gasteiger partial charge is 0.338 e. The molecule has 0 spiro atoms. The number of fused-ring (bicyclic) bond motifs is 1. The molecule has 0 bridgehead atoms. The molecule has 2 aliphatic heterocycles. The molecule has 0 aliphatic carbocycles. The van der Waals surface area contributed by atoms with Gasteiger partial charge < -0.3 is 14.4 Å². The first-order valence-electron chi connectivity index (χ1n) is 10.1. The SMILES string of the molecule is CCOC(=O)C1=C(C)N=C2SC=CN2[C@@H]1c1cc(Br)ccc1OCc1cccc([N+](=O)[O-])c1. The minimum Gasteiger partial charge on any atom is -0.489 e. The first kappa shape index (κ1) is 23.1. The topological polar surface area (TPSA) is 94.3 Å². The third kappa shape index (κ3) is 4.81. The number of nitro benzene ring substituents is 1. The fraction of sp³-hybridized carbons (Fsp3) is 0.217. The molecule has 4 rings (SSSR count). The van der Waals surface area contributed by atoms with E-state index in [0.29, 0.717) is 22.6 Å². The van der Waals surface area contributed by atoms with Crippen molar-refractivity contribution < 1.29 is 19.2 Å². The molecule has 2 heterocycles. The van der Waals surface area contributed by atoms with E-state index in [-0.39, 0.29) is 18.9 Å². The van der Waals surface area contributed by atoms with Gasteiger partial charge >= 0.3 is 5.97 Å². The van der Waals surface area contributed by atoms with Gasteiger partial charge in [0.05, 0.1) is 28.8 Å². The number of nitrogens with zero attached hydrogens (tertiary/aromatic N) is 3. The number of thioether (sulfide) groups is 1. The van der Waals surface area contributed by atoms with E-state index in [2.05, 4.69) is 20.9 Å². The van der Waals surface area contributed by atoms with Crippen LogP contribution in [0.25, 0.3) is 0 Å². The second kappa shape index (κ2) is 9.80. The number of ether oxygens (including phenoxy) is 2. The molecule has 0 saturated carbocycles. The number of rotatable bonds is 7. The maximum Gasteiger partial charge on any atom is 0.338 e. The van der Waals surface area contributed by atoms with Gasteiger partial charge in [-0.15, -0.1) is 0 Å². The molecular formula is C23H20BrN3O5S. The van der Waals surface area contributed by atoms with Crippen LogP contribution in [0.5, 0.6) is 5.75 Å². The summed E-state index contributed by atoms with van der Waals surface area (Å²) in [7, 11) is 0. The number of nitro groups is 1. The fourth-order valence-electron chi connectivity index (χ4n) is 3.66. The number of benzene rings is 2. The first-order chi connectivity index (χ1) is 15.9. The second-order valence-corrected chi connectivity index (χ2v) is 9.01. The Labute approximate surface area is 203 Å². The Morgan fingerprint density at radius 1 is 1.30 bits per heavy atom. The Balaban J connectivity index is 1.73. The van der Waals surface area contributed by atoms with E-state index in [1.165, 1.54) is 23.9 Å². The Kier molecular flexibility index (Phi) is 6.85. The normalized spacial score (nSPS) is 17.0. The van der Waals surface area contributed by atoms with E-state index in [1.807, 2.05) is 34.7 Å². The predicted molar refractivity (Wildman–Crippen MR) is 130 cm³/mol. The van der Waals surface area contributed by atoms with Crippen molar-refractivity contribution in [2.75, 3.05) is 6.61 Å². The van der Waals surface area contributed by atoms with Crippen LogP contribution in [0.1, 0.15) is 31.0 Å². The molecule has 8 nitrogen and oxygen atoms in total. The maximum atomic E-state index is 12.9. The zero-order valence-corrected chi connectivity index (χ0v) is 20.3. The van der Waals surface area contributed by atoms with Crippen molar-refractivity contribution in [3.8, 4) is 5.75 Å². The average molecular weight is 530 g/mol. The van der Waals surface area contributed by atoms with Crippen molar-refractivity contribution in [3.05, 3.63) is 91.1 Å². The van der Waals surface area contributed by atoms with Crippen LogP contribution in [0.4, 0.5) is 5.69 Å². The summed E-state index contributed by atoms with van der Waals surface area (Å²) in [4.78, 5) is 30.1. The van der Waals surface area contributed by atoms with E-state index in [1.54, 1.807) is 26.0 Å². The van der Waals surface area contributed by atoms with Crippen LogP contribution in [0, 0.1) is 10.1 Å². The maximum absolute atomic E-state index is 12.9. The largest absolute Gasteiger partial charge is 0.489 e. The Morgan fingerprint density at radius 3 is 2.88 bits per heavy atom. The average Bonchev–Trinajstić information content (AvgIpc) is 3.25. The van der Waals surface area contributed by atoms with E-state index in [4.69, 9.17) is 9.47 Å². The van der Waals surface area contributed by atoms with Gasteiger partial charge in [-0.1, -0.05) is 39.8 Å². The lowest BCUT2D eigenvalue weighted by atomic mass is 9.94. The zero-order chi connectivity index (χ0) is 23.5. The molecule has 0 fully saturated rings. The zero-order valence-electron chi connectivity index (χ0n) is 17.9. The Hall–Kier alpha value is -3.11. The summed E-state index contributed by atoms with van der Waals surface area (Å²) in [6, 6.07) is 11.4. The van der Waals surface area contributed by atoms with Crippen LogP contribution in [0.3, 0.4) is 0 Å². The van der Waals surface area contributed by atoms with Crippen molar-refractivity contribution in [3.63, 3.8) is 0 Å². The number of hydrogen-bond acceptors (Lipinski definition) is 8. The summed E-state index contributed by atoms with van der Waals surface area (Å²) in [5.74, 6) is 0.119. The number of aliphatic imine (C=N–C) groups is 1. The number of hydrogen-bond donors (Lipinski definition) is 0. The van der Waals surface area contributed by atoms with Crippen molar-refractivity contribution in [1.29, 1.82) is 0 Å². The van der Waals surface area contributed by atoms with Crippen LogP contribution in [-0.2, 0) is 16.1 Å². The van der Waals surface area contributed by atoms with E-state index in [0.717, 1.165) is 15.2 Å². The highest BCUT2D eigenvalue weighted by molar-refractivity contribution is 9.10. The molecule has 33 heavy (non-hydrogen) atoms. The highest BCUT2D eigenvalue weighted by Gasteiger charge is 2.39. The molecule has 0 unspecified atom stereocenters. The van der Waals surface area contributed by atoms with Gasteiger partial charge in [-0.2, -0.15) is 0 Å². The molecule has 170 valence electrons. The number of halogens is 1. The van der Waals surface area contributed by atoms with Gasteiger partial charge in [0.1, 0.15) is 12.4 Å². The standard InChI is InChI=1S/C23H20BrN3O5S/c1-3-31-22(28)20-14(2)25-23-26(9-10-33-23)21(20)18-12-16(24)7-8-19(18)32-13-15-5-4-6-17(11-15)27(29)30/h4-12,21H,3,13H2,1-2H3/t21-/m1/s1. The second-order valence-electron chi connectivity index (χ2n) is 7.22. The van der Waals surface area contributed by atoms with Crippen LogP contribution in [-0.4, -0.2) is 27.6 Å². The fourth-order valence-corrected chi connectivity index (χ4v) is 4.83. The molecule has 0 aromatic heterocycles. The van der Waals surface area contributed by atoms with Gasteiger partial charge in [-0.3, -0.25) is 10.1 Å². The van der Waals surface area contributed by atoms with Gasteiger partial charge in [0.25, 0.3) is 5.69 Å². The highest BCUT2D eigenvalue weighted by atomic mass is 79.9. The van der Waals surface area contributed by atoms with Gasteiger partial charge in [0.15, 0.2) is 5.17 Å². The first-order valence-corrected chi connectivity index (χ1v) is 11.8. The number of allylic oxidation sites excluding steroid dienone is 1. The summed E-state index contributed by atoms with van der Waals surface area (Å²) < 4.78 is 12.3. The number of amidine groups is 1. The van der Waals surface area contributed by atoms with Gasteiger partial charge in [-0.25, -0.2) is 9.79 Å². The van der Waals surface area contributed by atoms with Crippen LogP contribution in [0.15, 0.2) is 74.8 Å². The van der Waals surface area contributed by atoms with Gasteiger partial charge in [0, 0.05) is 28.4 Å². The van der Waals surface area contributed by atoms with Gasteiger partial charge in [0.2, 0.25) is 0 Å². The molecule has 0 radical (unpaired) electrons. The van der Waals surface area contributed by atoms with Crippen molar-refractivity contribution >= 4 is 44.5 Å². The van der Waals surface area contributed by atoms with E-state index >= 15 is 0 Å². The minimum atomic E-state index is -0.500. The van der Waals surface area contributed by atoms with Crippen LogP contribution < -0.4 is 4.74 Å². The summed E-state index contributed by atoms with van der Waals surface area (Å²) in [5.41, 5.74) is 2.44. The minimum absolute atomic E-state index is 0.00245. The molecule has 0 saturated heterocycles. The molecular weight excluding hydrogens is 510 g/mol. The summed E-state index contributed by atoms with van der Waals surface area (Å²) >= 11 is 5.00. The van der Waals surface area contributed by atoms with Crippen molar-refractivity contribution in [2.24, 2.45) is 4.99 Å². The van der Waals surface area contributed by atoms with Crippen LogP contribution in [0.2, 0.25) is 0 Å². The lowest BCUT2D eigenvalue weighted by Gasteiger charge is -2.34. The summed E-state index contributed by atoms with van der Waals surface area (Å²) in [6.07, 6.45) is 1.88. The predicted octanol–water partition coefficient (Wildman–Crippen LogP) is 5.70. The molecule has 0 amide bonds. The van der Waals surface area contributed by atoms with Crippen molar-refractivity contribution in [1.82, 2.24) is 4.90 Å². The molecule has 2 aromatic rings. The molecule has 10 heteroatoms. The summed E-state index contributed by atoms with van der Waals surface area (Å²) in [5, 5.41) is 13.8. The number of carbonyl (C=O) groups is 1. The third-order valence-corrected chi connectivity index (χ3v) is 6.36. The summed E-state index contributed by atoms with van der Waals surface area (Å²) in [6.45, 7) is 3.94. The lowest BCUT2D eigenvalue weighted by Crippen LogP contribution is -2.34. The molecule has 0 N–H and O–H groups in total. The Morgan fingerprint density at radius 2 is 2.12 bits per heavy atom. The monoisotopic (exact) mass is 529 g/mol. The quantitative estimate of drug-likeness (QED) is 0.257. The lowest BCUT2D eigenvalue weighted by molar-refractivity contribution is -0.384. The number of non-ortho nitro benzene ring substituents is 1. The van der Waals surface area contributed by atoms with Gasteiger partial charge in [-0.05, 0) is 43.0 Å². The van der Waals surface area contributed by atoms with Crippen molar-refractivity contribution in [2.45, 2.75) is 26.5 Å². The third-order valence-electron chi connectivity index (χ3n) is 5.10. The molecule has 2 aromatic carbocycles. The van der Waals surface area contributed by atoms with E-state index in [9.17, 15) is 14.9 Å². The number of carbonyl (C=O) groups excluding carboxylic acids is 1. The Bertz CT molecular complexity index is 1210. The highest BCUT2D eigenvalue weighted by Crippen LogP contribution is 2.44. The molecule has 1 atom stereocenters. The van der Waals surface area contributed by atoms with Crippen LogP contribution >= 0.6 is 27.7 Å². The molecule has 2 aliphatic rings. The van der Waals surface area contributed by atoms with E-state index < -0.39 is 16.9 Å².